The minimum atomic E-state index is -3.31. The van der Waals surface area contributed by atoms with Crippen molar-refractivity contribution >= 4 is 21.6 Å². The molecule has 1 aromatic carbocycles. The number of rotatable bonds is 6. The molecule has 1 rings (SSSR count). The van der Waals surface area contributed by atoms with E-state index >= 15 is 0 Å². The Morgan fingerprint density at radius 2 is 1.94 bits per heavy atom. The van der Waals surface area contributed by atoms with Gasteiger partial charge in [-0.1, -0.05) is 30.3 Å². The summed E-state index contributed by atoms with van der Waals surface area (Å²) in [6.45, 7) is 1.84. The average Bonchev–Trinajstić information content (AvgIpc) is 2.27. The lowest BCUT2D eigenvalue weighted by Gasteiger charge is -2.12. The van der Waals surface area contributed by atoms with Crippen molar-refractivity contribution in [1.29, 1.82) is 0 Å². The summed E-state index contributed by atoms with van der Waals surface area (Å²) in [5.41, 5.74) is 1.21. The number of halogens is 1. The molecule has 0 heterocycles. The van der Waals surface area contributed by atoms with Crippen LogP contribution >= 0.6 is 11.6 Å². The fraction of sp³-hybridized carbons (Fsp3) is 0.455. The molecule has 0 aliphatic carbocycles. The van der Waals surface area contributed by atoms with Gasteiger partial charge in [-0.3, -0.25) is 0 Å². The molecule has 0 fully saturated rings. The molecule has 0 radical (unpaired) electrons. The van der Waals surface area contributed by atoms with Gasteiger partial charge in [0.1, 0.15) is 5.21 Å². The summed E-state index contributed by atoms with van der Waals surface area (Å²) in [5.74, 6) is 0. The Labute approximate surface area is 102 Å². The van der Waals surface area contributed by atoms with Gasteiger partial charge in [0, 0.05) is 6.04 Å². The molecule has 0 bridgehead atoms. The largest absolute Gasteiger partial charge is 0.225 e. The van der Waals surface area contributed by atoms with Crippen molar-refractivity contribution in [2.45, 2.75) is 25.8 Å². The Balaban J connectivity index is 2.39. The molecular weight excluding hydrogens is 246 g/mol. The van der Waals surface area contributed by atoms with E-state index in [9.17, 15) is 8.42 Å². The number of hydrogen-bond acceptors (Lipinski definition) is 2. The van der Waals surface area contributed by atoms with Crippen LogP contribution in [0.1, 0.15) is 18.9 Å². The molecule has 0 saturated heterocycles. The Bertz CT molecular complexity index is 405. The SMILES string of the molecule is CC(CCc1ccccc1)NS(=O)(=O)CCl. The van der Waals surface area contributed by atoms with Crippen LogP contribution in [0.4, 0.5) is 0 Å². The minimum Gasteiger partial charge on any atom is -0.211 e. The normalized spacial score (nSPS) is 13.6. The van der Waals surface area contributed by atoms with Crippen molar-refractivity contribution in [3.63, 3.8) is 0 Å². The minimum absolute atomic E-state index is 0.0936. The second-order valence-electron chi connectivity index (χ2n) is 3.77. The molecule has 1 N–H and O–H groups in total. The van der Waals surface area contributed by atoms with E-state index < -0.39 is 10.0 Å². The van der Waals surface area contributed by atoms with Gasteiger partial charge < -0.3 is 0 Å². The van der Waals surface area contributed by atoms with Crippen LogP contribution in [0.3, 0.4) is 0 Å². The summed E-state index contributed by atoms with van der Waals surface area (Å²) < 4.78 is 24.9. The zero-order valence-electron chi connectivity index (χ0n) is 9.19. The van der Waals surface area contributed by atoms with Crippen LogP contribution in [0, 0.1) is 0 Å². The summed E-state index contributed by atoms with van der Waals surface area (Å²) in [7, 11) is -3.31. The van der Waals surface area contributed by atoms with Gasteiger partial charge in [-0.25, -0.2) is 13.1 Å². The molecule has 90 valence electrons. The summed E-state index contributed by atoms with van der Waals surface area (Å²) in [6.07, 6.45) is 1.62. The highest BCUT2D eigenvalue weighted by molar-refractivity contribution is 7.90. The molecule has 16 heavy (non-hydrogen) atoms. The first-order valence-corrected chi connectivity index (χ1v) is 7.32. The number of alkyl halides is 1. The van der Waals surface area contributed by atoms with Crippen LogP contribution in [0.15, 0.2) is 30.3 Å². The van der Waals surface area contributed by atoms with E-state index in [2.05, 4.69) is 4.72 Å². The quantitative estimate of drug-likeness (QED) is 0.798. The summed E-state index contributed by atoms with van der Waals surface area (Å²) in [5, 5.41) is -0.386. The van der Waals surface area contributed by atoms with Crippen LogP contribution in [0.2, 0.25) is 0 Å². The van der Waals surface area contributed by atoms with E-state index in [1.807, 2.05) is 37.3 Å². The summed E-state index contributed by atoms with van der Waals surface area (Å²) in [6, 6.07) is 9.88. The van der Waals surface area contributed by atoms with Gasteiger partial charge in [0.15, 0.2) is 0 Å². The van der Waals surface area contributed by atoms with Crippen molar-refractivity contribution in [2.24, 2.45) is 0 Å². The number of hydrogen-bond donors (Lipinski definition) is 1. The van der Waals surface area contributed by atoms with Crippen LogP contribution in [0.25, 0.3) is 0 Å². The molecule has 0 amide bonds. The third-order valence-electron chi connectivity index (χ3n) is 2.23. The molecule has 0 saturated carbocycles. The zero-order chi connectivity index (χ0) is 12.0. The van der Waals surface area contributed by atoms with Crippen molar-refractivity contribution < 1.29 is 8.42 Å². The lowest BCUT2D eigenvalue weighted by atomic mass is 10.1. The molecule has 1 atom stereocenters. The van der Waals surface area contributed by atoms with Crippen molar-refractivity contribution in [2.75, 3.05) is 5.21 Å². The summed E-state index contributed by atoms with van der Waals surface area (Å²) >= 11 is 5.30. The third kappa shape index (κ3) is 4.96. The number of aryl methyl sites for hydroxylation is 1. The van der Waals surface area contributed by atoms with Crippen molar-refractivity contribution in [3.8, 4) is 0 Å². The molecule has 5 heteroatoms. The Morgan fingerprint density at radius 3 is 2.50 bits per heavy atom. The second-order valence-corrected chi connectivity index (χ2v) is 6.11. The van der Waals surface area contributed by atoms with E-state index in [1.165, 1.54) is 5.56 Å². The lowest BCUT2D eigenvalue weighted by Crippen LogP contribution is -2.33. The zero-order valence-corrected chi connectivity index (χ0v) is 10.8. The lowest BCUT2D eigenvalue weighted by molar-refractivity contribution is 0.551. The van der Waals surface area contributed by atoms with E-state index in [0.29, 0.717) is 0 Å². The second kappa shape index (κ2) is 6.23. The van der Waals surface area contributed by atoms with Crippen molar-refractivity contribution in [1.82, 2.24) is 4.72 Å². The highest BCUT2D eigenvalue weighted by Crippen LogP contribution is 2.05. The van der Waals surface area contributed by atoms with Gasteiger partial charge in [0.25, 0.3) is 0 Å². The fourth-order valence-corrected chi connectivity index (χ4v) is 2.41. The fourth-order valence-electron chi connectivity index (χ4n) is 1.42. The molecule has 0 aliphatic heterocycles. The number of benzene rings is 1. The van der Waals surface area contributed by atoms with Gasteiger partial charge in [0.2, 0.25) is 10.0 Å². The Kier molecular flexibility index (Phi) is 5.25. The van der Waals surface area contributed by atoms with Crippen LogP contribution in [-0.2, 0) is 16.4 Å². The highest BCUT2D eigenvalue weighted by atomic mass is 35.5. The van der Waals surface area contributed by atoms with E-state index in [-0.39, 0.29) is 11.3 Å². The van der Waals surface area contributed by atoms with Crippen LogP contribution < -0.4 is 4.72 Å². The first-order valence-electron chi connectivity index (χ1n) is 5.13. The van der Waals surface area contributed by atoms with Gasteiger partial charge in [0.05, 0.1) is 0 Å². The van der Waals surface area contributed by atoms with Gasteiger partial charge >= 0.3 is 0 Å². The van der Waals surface area contributed by atoms with Gasteiger partial charge in [-0.2, -0.15) is 0 Å². The Hall–Kier alpha value is -0.580. The van der Waals surface area contributed by atoms with Crippen molar-refractivity contribution in [3.05, 3.63) is 35.9 Å². The third-order valence-corrected chi connectivity index (χ3v) is 4.14. The number of nitrogens with one attached hydrogen (secondary N) is 1. The van der Waals surface area contributed by atoms with Crippen LogP contribution in [-0.4, -0.2) is 19.7 Å². The molecular formula is C11H16ClNO2S. The van der Waals surface area contributed by atoms with E-state index in [1.54, 1.807) is 0 Å². The maximum Gasteiger partial charge on any atom is 0.225 e. The molecule has 1 aromatic rings. The van der Waals surface area contributed by atoms with E-state index in [0.717, 1.165) is 12.8 Å². The molecule has 0 spiro atoms. The molecule has 3 nitrogen and oxygen atoms in total. The summed E-state index contributed by atoms with van der Waals surface area (Å²) in [4.78, 5) is 0. The topological polar surface area (TPSA) is 46.2 Å². The van der Waals surface area contributed by atoms with Gasteiger partial charge in [-0.05, 0) is 25.3 Å². The van der Waals surface area contributed by atoms with Gasteiger partial charge in [-0.15, -0.1) is 11.6 Å². The average molecular weight is 262 g/mol. The maximum absolute atomic E-state index is 11.2. The van der Waals surface area contributed by atoms with E-state index in [4.69, 9.17) is 11.6 Å². The molecule has 0 aliphatic rings. The standard InChI is InChI=1S/C11H16ClNO2S/c1-10(13-16(14,15)9-12)7-8-11-5-3-2-4-6-11/h2-6,10,13H,7-9H2,1H3. The predicted octanol–water partition coefficient (Wildman–Crippen LogP) is 2.12. The molecule has 1 unspecified atom stereocenters. The smallest absolute Gasteiger partial charge is 0.211 e. The van der Waals surface area contributed by atoms with Crippen LogP contribution in [0.5, 0.6) is 0 Å². The first-order chi connectivity index (χ1) is 7.53. The predicted molar refractivity (Wildman–Crippen MR) is 67.0 cm³/mol. The first kappa shape index (κ1) is 13.5. The highest BCUT2D eigenvalue weighted by Gasteiger charge is 2.12. The maximum atomic E-state index is 11.2. The Morgan fingerprint density at radius 1 is 1.31 bits per heavy atom. The monoisotopic (exact) mass is 261 g/mol. The molecule has 0 aromatic heterocycles. The number of sulfonamides is 1.